The Kier molecular flexibility index (Phi) is 1.67. The molecule has 1 saturated carbocycles. The number of nitrogens with one attached hydrogen (secondary N) is 1. The third-order valence-corrected chi connectivity index (χ3v) is 3.95. The smallest absolute Gasteiger partial charge is 0.141 e. The molecule has 1 aromatic carbocycles. The Morgan fingerprint density at radius 1 is 1.40 bits per heavy atom. The summed E-state index contributed by atoms with van der Waals surface area (Å²) in [6.45, 7) is 1.000. The first kappa shape index (κ1) is 8.89. The number of rotatable bonds is 0. The molecule has 1 aliphatic carbocycles. The van der Waals surface area contributed by atoms with Crippen molar-refractivity contribution in [3.63, 3.8) is 0 Å². The van der Waals surface area contributed by atoms with Gasteiger partial charge < -0.3 is 15.3 Å². The number of likely N-dealkylation sites (N-methyl/N-ethyl adjacent to an activating group) is 1. The first-order chi connectivity index (χ1) is 7.23. The molecule has 1 aliphatic heterocycles. The van der Waals surface area contributed by atoms with Gasteiger partial charge in [0.15, 0.2) is 0 Å². The predicted molar refractivity (Wildman–Crippen MR) is 61.6 cm³/mol. The van der Waals surface area contributed by atoms with Crippen LogP contribution in [0.25, 0.3) is 0 Å². The third-order valence-electron chi connectivity index (χ3n) is 3.95. The molecule has 2 aliphatic rings. The van der Waals surface area contributed by atoms with Gasteiger partial charge in [-0.25, -0.2) is 0 Å². The Morgan fingerprint density at radius 2 is 2.20 bits per heavy atom. The van der Waals surface area contributed by atoms with Gasteiger partial charge in [0.25, 0.3) is 0 Å². The van der Waals surface area contributed by atoms with Crippen LogP contribution in [0.4, 0.5) is 11.4 Å². The average Bonchev–Trinajstić information content (AvgIpc) is 2.16. The molecule has 3 rings (SSSR count). The number of fused-ring (bicyclic) bond motifs is 1. The second-order valence-corrected chi connectivity index (χ2v) is 4.66. The van der Waals surface area contributed by atoms with Crippen molar-refractivity contribution in [2.24, 2.45) is 0 Å². The highest BCUT2D eigenvalue weighted by Crippen LogP contribution is 2.48. The van der Waals surface area contributed by atoms with E-state index >= 15 is 0 Å². The minimum absolute atomic E-state index is 0.256. The van der Waals surface area contributed by atoms with Gasteiger partial charge in [-0.1, -0.05) is 6.07 Å². The normalized spacial score (nSPS) is 21.8. The second kappa shape index (κ2) is 2.81. The summed E-state index contributed by atoms with van der Waals surface area (Å²) < 4.78 is 0. The topological polar surface area (TPSA) is 35.5 Å². The molecule has 1 spiro atoms. The van der Waals surface area contributed by atoms with Crippen LogP contribution in [0.1, 0.15) is 19.3 Å². The average molecular weight is 204 g/mol. The maximum absolute atomic E-state index is 9.90. The molecule has 0 saturated heterocycles. The number of para-hydroxylation sites is 1. The Balaban J connectivity index is 2.08. The first-order valence-corrected chi connectivity index (χ1v) is 5.53. The van der Waals surface area contributed by atoms with E-state index in [4.69, 9.17) is 0 Å². The molecule has 1 heterocycles. The standard InChI is InChI=1S/C12H16N2O/c1-14-11-9(4-2-5-10(11)15)13-8-12(14)6-3-7-12/h2,4-5,13,15H,3,6-8H2,1H3. The quantitative estimate of drug-likeness (QED) is 0.680. The van der Waals surface area contributed by atoms with E-state index in [1.54, 1.807) is 6.07 Å². The van der Waals surface area contributed by atoms with Crippen LogP contribution in [0.2, 0.25) is 0 Å². The van der Waals surface area contributed by atoms with Gasteiger partial charge in [0.2, 0.25) is 0 Å². The number of aromatic hydroxyl groups is 1. The maximum atomic E-state index is 9.90. The fourth-order valence-electron chi connectivity index (χ4n) is 2.74. The monoisotopic (exact) mass is 204 g/mol. The molecule has 1 aromatic rings. The molecule has 80 valence electrons. The van der Waals surface area contributed by atoms with E-state index in [1.807, 2.05) is 12.1 Å². The summed E-state index contributed by atoms with van der Waals surface area (Å²) in [6, 6.07) is 5.67. The van der Waals surface area contributed by atoms with Crippen LogP contribution >= 0.6 is 0 Å². The highest BCUT2D eigenvalue weighted by atomic mass is 16.3. The summed E-state index contributed by atoms with van der Waals surface area (Å²) in [7, 11) is 2.10. The molecule has 0 atom stereocenters. The van der Waals surface area contributed by atoms with Crippen LogP contribution in [0.15, 0.2) is 18.2 Å². The van der Waals surface area contributed by atoms with Crippen molar-refractivity contribution >= 4 is 11.4 Å². The SMILES string of the molecule is CN1c2c(O)cccc2NCC12CCC2. The van der Waals surface area contributed by atoms with Crippen molar-refractivity contribution < 1.29 is 5.11 Å². The molecular weight excluding hydrogens is 188 g/mol. The largest absolute Gasteiger partial charge is 0.506 e. The summed E-state index contributed by atoms with van der Waals surface area (Å²) in [4.78, 5) is 2.26. The predicted octanol–water partition coefficient (Wildman–Crippen LogP) is 2.18. The van der Waals surface area contributed by atoms with Crippen molar-refractivity contribution in [2.75, 3.05) is 23.8 Å². The zero-order valence-electron chi connectivity index (χ0n) is 8.95. The number of anilines is 2. The van der Waals surface area contributed by atoms with Crippen LogP contribution in [-0.4, -0.2) is 24.2 Å². The number of phenols is 1. The summed E-state index contributed by atoms with van der Waals surface area (Å²) in [5, 5.41) is 13.3. The van der Waals surface area contributed by atoms with E-state index in [0.29, 0.717) is 5.75 Å². The molecule has 0 aromatic heterocycles. The fourth-order valence-corrected chi connectivity index (χ4v) is 2.74. The van der Waals surface area contributed by atoms with Crippen molar-refractivity contribution in [1.82, 2.24) is 0 Å². The Labute approximate surface area is 89.7 Å². The number of hydrogen-bond donors (Lipinski definition) is 2. The second-order valence-electron chi connectivity index (χ2n) is 4.66. The number of hydrogen-bond acceptors (Lipinski definition) is 3. The molecule has 1 fully saturated rings. The first-order valence-electron chi connectivity index (χ1n) is 5.53. The number of nitrogens with zero attached hydrogens (tertiary/aromatic N) is 1. The van der Waals surface area contributed by atoms with Crippen LogP contribution in [-0.2, 0) is 0 Å². The highest BCUT2D eigenvalue weighted by Gasteiger charge is 2.44. The molecule has 0 radical (unpaired) electrons. The van der Waals surface area contributed by atoms with Gasteiger partial charge in [0, 0.05) is 13.6 Å². The Morgan fingerprint density at radius 3 is 2.87 bits per heavy atom. The van der Waals surface area contributed by atoms with Crippen LogP contribution < -0.4 is 10.2 Å². The van der Waals surface area contributed by atoms with E-state index in [-0.39, 0.29) is 5.54 Å². The van der Waals surface area contributed by atoms with E-state index in [9.17, 15) is 5.11 Å². The molecule has 0 bridgehead atoms. The number of phenolic OH excluding ortho intramolecular Hbond substituents is 1. The zero-order valence-corrected chi connectivity index (χ0v) is 8.95. The number of benzene rings is 1. The van der Waals surface area contributed by atoms with Gasteiger partial charge in [-0.05, 0) is 31.4 Å². The lowest BCUT2D eigenvalue weighted by Crippen LogP contribution is -2.59. The van der Waals surface area contributed by atoms with Crippen molar-refractivity contribution in [3.05, 3.63) is 18.2 Å². The van der Waals surface area contributed by atoms with Gasteiger partial charge in [0.05, 0.1) is 11.2 Å². The lowest BCUT2D eigenvalue weighted by molar-refractivity contribution is 0.247. The minimum Gasteiger partial charge on any atom is -0.506 e. The molecular formula is C12H16N2O. The summed E-state index contributed by atoms with van der Waals surface area (Å²) >= 11 is 0. The lowest BCUT2D eigenvalue weighted by Gasteiger charge is -2.53. The zero-order chi connectivity index (χ0) is 10.5. The van der Waals surface area contributed by atoms with E-state index in [2.05, 4.69) is 17.3 Å². The molecule has 3 heteroatoms. The highest BCUT2D eigenvalue weighted by molar-refractivity contribution is 5.79. The Hall–Kier alpha value is -1.38. The lowest BCUT2D eigenvalue weighted by atomic mass is 9.74. The van der Waals surface area contributed by atoms with Gasteiger partial charge in [-0.15, -0.1) is 0 Å². The Bertz CT molecular complexity index is 399. The summed E-state index contributed by atoms with van der Waals surface area (Å²) in [5.74, 6) is 0.383. The van der Waals surface area contributed by atoms with Crippen molar-refractivity contribution in [2.45, 2.75) is 24.8 Å². The van der Waals surface area contributed by atoms with Crippen LogP contribution in [0, 0.1) is 0 Å². The van der Waals surface area contributed by atoms with E-state index < -0.39 is 0 Å². The van der Waals surface area contributed by atoms with Crippen LogP contribution in [0.5, 0.6) is 5.75 Å². The molecule has 2 N–H and O–H groups in total. The van der Waals surface area contributed by atoms with Gasteiger partial charge in [-0.3, -0.25) is 0 Å². The molecule has 15 heavy (non-hydrogen) atoms. The maximum Gasteiger partial charge on any atom is 0.141 e. The van der Waals surface area contributed by atoms with Gasteiger partial charge in [-0.2, -0.15) is 0 Å². The van der Waals surface area contributed by atoms with Crippen LogP contribution in [0.3, 0.4) is 0 Å². The van der Waals surface area contributed by atoms with Crippen molar-refractivity contribution in [3.8, 4) is 5.75 Å². The van der Waals surface area contributed by atoms with Gasteiger partial charge >= 0.3 is 0 Å². The minimum atomic E-state index is 0.256. The van der Waals surface area contributed by atoms with Crippen molar-refractivity contribution in [1.29, 1.82) is 0 Å². The fraction of sp³-hybridized carbons (Fsp3) is 0.500. The van der Waals surface area contributed by atoms with E-state index in [0.717, 1.165) is 17.9 Å². The summed E-state index contributed by atoms with van der Waals surface area (Å²) in [5.41, 5.74) is 2.27. The molecule has 0 amide bonds. The summed E-state index contributed by atoms with van der Waals surface area (Å²) in [6.07, 6.45) is 3.75. The molecule has 3 nitrogen and oxygen atoms in total. The van der Waals surface area contributed by atoms with Gasteiger partial charge in [0.1, 0.15) is 11.4 Å². The third kappa shape index (κ3) is 1.06. The van der Waals surface area contributed by atoms with E-state index in [1.165, 1.54) is 19.3 Å². The molecule has 0 unspecified atom stereocenters.